The molecule has 0 aliphatic rings. The Morgan fingerprint density at radius 1 is 1.28 bits per heavy atom. The lowest BCUT2D eigenvalue weighted by molar-refractivity contribution is 0.616. The number of halogens is 2. The van der Waals surface area contributed by atoms with Gasteiger partial charge >= 0.3 is 0 Å². The highest BCUT2D eigenvalue weighted by Crippen LogP contribution is 2.23. The lowest BCUT2D eigenvalue weighted by Crippen LogP contribution is -2.01. The van der Waals surface area contributed by atoms with Gasteiger partial charge in [-0.2, -0.15) is 5.10 Å². The third-order valence-electron chi connectivity index (χ3n) is 2.78. The van der Waals surface area contributed by atoms with Crippen LogP contribution in [0.5, 0.6) is 0 Å². The summed E-state index contributed by atoms with van der Waals surface area (Å²) in [6, 6.07) is 4.82. The van der Waals surface area contributed by atoms with Crippen LogP contribution in [-0.2, 0) is 0 Å². The summed E-state index contributed by atoms with van der Waals surface area (Å²) in [4.78, 5) is 8.01. The monoisotopic (exact) mass is 262 g/mol. The van der Waals surface area contributed by atoms with Gasteiger partial charge in [-0.25, -0.2) is 19.0 Å². The Balaban J connectivity index is 2.33. The molecule has 0 unspecified atom stereocenters. The summed E-state index contributed by atoms with van der Waals surface area (Å²) >= 11 is 5.95. The molecule has 2 heterocycles. The summed E-state index contributed by atoms with van der Waals surface area (Å²) in [5, 5.41) is 5.17. The summed E-state index contributed by atoms with van der Waals surface area (Å²) in [6.45, 7) is 1.70. The summed E-state index contributed by atoms with van der Waals surface area (Å²) < 4.78 is 15.1. The number of benzene rings is 1. The third kappa shape index (κ3) is 1.55. The van der Waals surface area contributed by atoms with Crippen molar-refractivity contribution in [2.75, 3.05) is 0 Å². The zero-order chi connectivity index (χ0) is 12.7. The molecule has 0 bridgehead atoms. The minimum absolute atomic E-state index is 0.281. The first kappa shape index (κ1) is 11.1. The lowest BCUT2D eigenvalue weighted by atomic mass is 10.2. The molecule has 2 aromatic heterocycles. The summed E-state index contributed by atoms with van der Waals surface area (Å²) in [5.41, 5.74) is 1.71. The minimum Gasteiger partial charge on any atom is -0.224 e. The van der Waals surface area contributed by atoms with Crippen LogP contribution in [0.3, 0.4) is 0 Å². The average molecular weight is 263 g/mol. The van der Waals surface area contributed by atoms with Gasteiger partial charge in [-0.1, -0.05) is 17.7 Å². The Kier molecular flexibility index (Phi) is 2.48. The van der Waals surface area contributed by atoms with Gasteiger partial charge in [0.25, 0.3) is 0 Å². The van der Waals surface area contributed by atoms with Gasteiger partial charge in [-0.3, -0.25) is 0 Å². The average Bonchev–Trinajstić information content (AvgIpc) is 2.78. The van der Waals surface area contributed by atoms with Crippen LogP contribution in [0.1, 0.15) is 5.56 Å². The Hall–Kier alpha value is -2.01. The van der Waals surface area contributed by atoms with Crippen molar-refractivity contribution in [1.29, 1.82) is 0 Å². The van der Waals surface area contributed by atoms with Crippen LogP contribution in [0.4, 0.5) is 4.39 Å². The number of rotatable bonds is 1. The molecule has 0 spiro atoms. The van der Waals surface area contributed by atoms with Crippen LogP contribution in [0.25, 0.3) is 16.7 Å². The van der Waals surface area contributed by atoms with Crippen molar-refractivity contribution in [1.82, 2.24) is 19.7 Å². The molecule has 18 heavy (non-hydrogen) atoms. The highest BCUT2D eigenvalue weighted by Gasteiger charge is 2.12. The summed E-state index contributed by atoms with van der Waals surface area (Å²) in [5.74, 6) is -0.281. The first-order valence-electron chi connectivity index (χ1n) is 5.28. The SMILES string of the molecule is Cc1c(F)cccc1-n1ncc2c(Cl)ncnc21. The molecule has 0 atom stereocenters. The van der Waals surface area contributed by atoms with E-state index in [0.29, 0.717) is 27.4 Å². The maximum absolute atomic E-state index is 13.6. The van der Waals surface area contributed by atoms with Gasteiger partial charge in [-0.15, -0.1) is 0 Å². The fourth-order valence-electron chi connectivity index (χ4n) is 1.82. The van der Waals surface area contributed by atoms with Gasteiger partial charge in [-0.05, 0) is 19.1 Å². The van der Waals surface area contributed by atoms with E-state index in [1.165, 1.54) is 12.4 Å². The second-order valence-electron chi connectivity index (χ2n) is 3.84. The Morgan fingerprint density at radius 2 is 2.11 bits per heavy atom. The molecule has 6 heteroatoms. The van der Waals surface area contributed by atoms with Crippen molar-refractivity contribution in [3.05, 3.63) is 47.3 Å². The van der Waals surface area contributed by atoms with Crippen LogP contribution < -0.4 is 0 Å². The largest absolute Gasteiger partial charge is 0.224 e. The molecule has 0 saturated heterocycles. The highest BCUT2D eigenvalue weighted by atomic mass is 35.5. The zero-order valence-electron chi connectivity index (χ0n) is 9.43. The molecule has 3 aromatic rings. The molecule has 0 fully saturated rings. The maximum Gasteiger partial charge on any atom is 0.167 e. The van der Waals surface area contributed by atoms with E-state index in [2.05, 4.69) is 15.1 Å². The normalized spacial score (nSPS) is 11.1. The van der Waals surface area contributed by atoms with Crippen molar-refractivity contribution in [3.8, 4) is 5.69 Å². The Bertz CT molecular complexity index is 738. The number of hydrogen-bond acceptors (Lipinski definition) is 3. The standard InChI is InChI=1S/C12H8ClFN4/c1-7-9(14)3-2-4-10(7)18-12-8(5-17-18)11(13)15-6-16-12/h2-6H,1H3. The van der Waals surface area contributed by atoms with E-state index in [-0.39, 0.29) is 5.82 Å². The van der Waals surface area contributed by atoms with Crippen LogP contribution in [0, 0.1) is 12.7 Å². The van der Waals surface area contributed by atoms with Gasteiger partial charge in [0.2, 0.25) is 0 Å². The van der Waals surface area contributed by atoms with Crippen molar-refractivity contribution in [3.63, 3.8) is 0 Å². The van der Waals surface area contributed by atoms with Crippen molar-refractivity contribution < 1.29 is 4.39 Å². The quantitative estimate of drug-likeness (QED) is 0.634. The predicted octanol–water partition coefficient (Wildman–Crippen LogP) is 2.92. The molecule has 0 N–H and O–H groups in total. The molecule has 1 aromatic carbocycles. The fraction of sp³-hybridized carbons (Fsp3) is 0.0833. The van der Waals surface area contributed by atoms with Gasteiger partial charge < -0.3 is 0 Å². The van der Waals surface area contributed by atoms with E-state index in [0.717, 1.165) is 0 Å². The second kappa shape index (κ2) is 4.03. The number of nitrogens with zero attached hydrogens (tertiary/aromatic N) is 4. The number of fused-ring (bicyclic) bond motifs is 1. The van der Waals surface area contributed by atoms with E-state index in [4.69, 9.17) is 11.6 Å². The number of aromatic nitrogens is 4. The Morgan fingerprint density at radius 3 is 2.94 bits per heavy atom. The molecule has 0 amide bonds. The van der Waals surface area contributed by atoms with Crippen LogP contribution in [0.2, 0.25) is 5.15 Å². The first-order chi connectivity index (χ1) is 8.68. The molecular weight excluding hydrogens is 255 g/mol. The molecule has 0 radical (unpaired) electrons. The number of hydrogen-bond donors (Lipinski definition) is 0. The van der Waals surface area contributed by atoms with E-state index in [1.54, 1.807) is 29.9 Å². The molecule has 3 rings (SSSR count). The fourth-order valence-corrected chi connectivity index (χ4v) is 1.99. The smallest absolute Gasteiger partial charge is 0.167 e. The van der Waals surface area contributed by atoms with E-state index in [1.807, 2.05) is 0 Å². The van der Waals surface area contributed by atoms with Crippen LogP contribution in [-0.4, -0.2) is 19.7 Å². The predicted molar refractivity (Wildman–Crippen MR) is 66.4 cm³/mol. The molecule has 0 aliphatic carbocycles. The van der Waals surface area contributed by atoms with Crippen molar-refractivity contribution in [2.24, 2.45) is 0 Å². The molecular formula is C12H8ClFN4. The lowest BCUT2D eigenvalue weighted by Gasteiger charge is -2.07. The Labute approximate surface area is 107 Å². The summed E-state index contributed by atoms with van der Waals surface area (Å²) in [6.07, 6.45) is 2.93. The highest BCUT2D eigenvalue weighted by molar-refractivity contribution is 6.33. The maximum atomic E-state index is 13.6. The molecule has 0 aliphatic heterocycles. The van der Waals surface area contributed by atoms with Crippen LogP contribution in [0.15, 0.2) is 30.7 Å². The van der Waals surface area contributed by atoms with Gasteiger partial charge in [0.05, 0.1) is 17.3 Å². The zero-order valence-corrected chi connectivity index (χ0v) is 10.2. The summed E-state index contributed by atoms with van der Waals surface area (Å²) in [7, 11) is 0. The van der Waals surface area contributed by atoms with Gasteiger partial charge in [0.15, 0.2) is 5.65 Å². The van der Waals surface area contributed by atoms with E-state index >= 15 is 0 Å². The minimum atomic E-state index is -0.281. The second-order valence-corrected chi connectivity index (χ2v) is 4.20. The molecule has 4 nitrogen and oxygen atoms in total. The first-order valence-corrected chi connectivity index (χ1v) is 5.66. The van der Waals surface area contributed by atoms with Crippen molar-refractivity contribution >= 4 is 22.6 Å². The molecule has 90 valence electrons. The third-order valence-corrected chi connectivity index (χ3v) is 3.09. The topological polar surface area (TPSA) is 43.6 Å². The van der Waals surface area contributed by atoms with E-state index < -0.39 is 0 Å². The van der Waals surface area contributed by atoms with E-state index in [9.17, 15) is 4.39 Å². The van der Waals surface area contributed by atoms with Crippen molar-refractivity contribution in [2.45, 2.75) is 6.92 Å². The van der Waals surface area contributed by atoms with Gasteiger partial charge in [0, 0.05) is 5.56 Å². The molecule has 0 saturated carbocycles. The van der Waals surface area contributed by atoms with Crippen LogP contribution >= 0.6 is 11.6 Å². The van der Waals surface area contributed by atoms with Gasteiger partial charge in [0.1, 0.15) is 17.3 Å².